The van der Waals surface area contributed by atoms with Gasteiger partial charge in [0, 0.05) is 6.54 Å². The number of aryl methyl sites for hydroxylation is 2. The van der Waals surface area contributed by atoms with E-state index in [9.17, 15) is 9.59 Å². The molecule has 4 nitrogen and oxygen atoms in total. The lowest BCUT2D eigenvalue weighted by molar-refractivity contribution is -0.124. The van der Waals surface area contributed by atoms with E-state index >= 15 is 0 Å². The zero-order valence-electron chi connectivity index (χ0n) is 13.2. The SMILES string of the molecule is Cc1ccc(C(=O)OCC(=O)NCCCc2ccccc2)cc1. The van der Waals surface area contributed by atoms with Crippen molar-refractivity contribution in [1.82, 2.24) is 5.32 Å². The molecular formula is C19H21NO3. The maximum absolute atomic E-state index is 11.8. The van der Waals surface area contributed by atoms with Gasteiger partial charge in [0.25, 0.3) is 5.91 Å². The van der Waals surface area contributed by atoms with Gasteiger partial charge in [-0.3, -0.25) is 4.79 Å². The molecule has 0 bridgehead atoms. The first kappa shape index (κ1) is 16.7. The Hall–Kier alpha value is -2.62. The van der Waals surface area contributed by atoms with Crippen molar-refractivity contribution in [2.45, 2.75) is 19.8 Å². The van der Waals surface area contributed by atoms with E-state index in [1.807, 2.05) is 37.3 Å². The minimum Gasteiger partial charge on any atom is -0.452 e. The number of carbonyl (C=O) groups excluding carboxylic acids is 2. The van der Waals surface area contributed by atoms with Gasteiger partial charge >= 0.3 is 5.97 Å². The van der Waals surface area contributed by atoms with Gasteiger partial charge in [0.15, 0.2) is 6.61 Å². The van der Waals surface area contributed by atoms with Crippen molar-refractivity contribution in [3.63, 3.8) is 0 Å². The van der Waals surface area contributed by atoms with E-state index in [1.54, 1.807) is 12.1 Å². The Bertz CT molecular complexity index is 635. The fourth-order valence-electron chi connectivity index (χ4n) is 2.12. The van der Waals surface area contributed by atoms with E-state index in [0.29, 0.717) is 12.1 Å². The van der Waals surface area contributed by atoms with E-state index in [1.165, 1.54) is 5.56 Å². The molecule has 23 heavy (non-hydrogen) atoms. The third-order valence-electron chi connectivity index (χ3n) is 3.43. The summed E-state index contributed by atoms with van der Waals surface area (Å²) in [4.78, 5) is 23.4. The number of esters is 1. The number of nitrogens with one attached hydrogen (secondary N) is 1. The zero-order chi connectivity index (χ0) is 16.5. The van der Waals surface area contributed by atoms with Gasteiger partial charge in [0.1, 0.15) is 0 Å². The van der Waals surface area contributed by atoms with Crippen LogP contribution in [-0.2, 0) is 16.0 Å². The number of benzene rings is 2. The fraction of sp³-hybridized carbons (Fsp3) is 0.263. The van der Waals surface area contributed by atoms with E-state index in [4.69, 9.17) is 4.74 Å². The van der Waals surface area contributed by atoms with E-state index in [0.717, 1.165) is 18.4 Å². The van der Waals surface area contributed by atoms with Gasteiger partial charge in [-0.2, -0.15) is 0 Å². The second kappa shape index (κ2) is 8.73. The fourth-order valence-corrected chi connectivity index (χ4v) is 2.12. The Morgan fingerprint density at radius 2 is 1.70 bits per heavy atom. The molecule has 0 aromatic heterocycles. The molecule has 0 aliphatic carbocycles. The molecule has 120 valence electrons. The van der Waals surface area contributed by atoms with Crippen molar-refractivity contribution >= 4 is 11.9 Å². The van der Waals surface area contributed by atoms with Gasteiger partial charge in [-0.25, -0.2) is 4.79 Å². The van der Waals surface area contributed by atoms with Gasteiger partial charge in [0.05, 0.1) is 5.56 Å². The van der Waals surface area contributed by atoms with E-state index < -0.39 is 5.97 Å². The van der Waals surface area contributed by atoms with Crippen LogP contribution < -0.4 is 5.32 Å². The first-order valence-corrected chi connectivity index (χ1v) is 7.69. The monoisotopic (exact) mass is 311 g/mol. The number of amides is 1. The summed E-state index contributed by atoms with van der Waals surface area (Å²) >= 11 is 0. The molecule has 0 fully saturated rings. The van der Waals surface area contributed by atoms with Crippen LogP contribution in [0.15, 0.2) is 54.6 Å². The number of rotatable bonds is 7. The molecule has 0 aliphatic rings. The number of ether oxygens (including phenoxy) is 1. The summed E-state index contributed by atoms with van der Waals surface area (Å²) in [5, 5.41) is 2.75. The molecule has 0 unspecified atom stereocenters. The number of hydrogen-bond acceptors (Lipinski definition) is 3. The lowest BCUT2D eigenvalue weighted by Crippen LogP contribution is -2.29. The summed E-state index contributed by atoms with van der Waals surface area (Å²) in [6.07, 6.45) is 1.76. The highest BCUT2D eigenvalue weighted by Crippen LogP contribution is 2.05. The molecule has 0 saturated heterocycles. The Kier molecular flexibility index (Phi) is 6.36. The predicted molar refractivity (Wildman–Crippen MR) is 89.2 cm³/mol. The summed E-state index contributed by atoms with van der Waals surface area (Å²) in [7, 11) is 0. The Labute approximate surface area is 136 Å². The second-order valence-corrected chi connectivity index (χ2v) is 5.38. The molecule has 0 spiro atoms. The first-order valence-electron chi connectivity index (χ1n) is 7.69. The highest BCUT2D eigenvalue weighted by molar-refractivity contribution is 5.91. The van der Waals surface area contributed by atoms with Crippen molar-refractivity contribution in [1.29, 1.82) is 0 Å². The third-order valence-corrected chi connectivity index (χ3v) is 3.43. The van der Waals surface area contributed by atoms with Crippen LogP contribution in [0.1, 0.15) is 27.9 Å². The summed E-state index contributed by atoms with van der Waals surface area (Å²) < 4.78 is 4.99. The van der Waals surface area contributed by atoms with Gasteiger partial charge in [-0.05, 0) is 37.5 Å². The average molecular weight is 311 g/mol. The van der Waals surface area contributed by atoms with Crippen molar-refractivity contribution in [3.05, 3.63) is 71.3 Å². The van der Waals surface area contributed by atoms with Crippen LogP contribution in [0.4, 0.5) is 0 Å². The molecule has 2 rings (SSSR count). The summed E-state index contributed by atoms with van der Waals surface area (Å²) in [5.41, 5.74) is 2.76. The standard InChI is InChI=1S/C19H21NO3/c1-15-9-11-17(12-10-15)19(22)23-14-18(21)20-13-5-8-16-6-3-2-4-7-16/h2-4,6-7,9-12H,5,8,13-14H2,1H3,(H,20,21). The van der Waals surface area contributed by atoms with E-state index in [2.05, 4.69) is 17.4 Å². The van der Waals surface area contributed by atoms with Crippen LogP contribution in [-0.4, -0.2) is 25.0 Å². The number of carbonyl (C=O) groups is 2. The maximum atomic E-state index is 11.8. The normalized spacial score (nSPS) is 10.1. The summed E-state index contributed by atoms with van der Waals surface area (Å²) in [6.45, 7) is 2.26. The first-order chi connectivity index (χ1) is 11.1. The van der Waals surface area contributed by atoms with Crippen molar-refractivity contribution < 1.29 is 14.3 Å². The largest absolute Gasteiger partial charge is 0.452 e. The van der Waals surface area contributed by atoms with Gasteiger partial charge in [0.2, 0.25) is 0 Å². The maximum Gasteiger partial charge on any atom is 0.338 e. The third kappa shape index (κ3) is 5.94. The van der Waals surface area contributed by atoms with Crippen molar-refractivity contribution in [2.24, 2.45) is 0 Å². The lowest BCUT2D eigenvalue weighted by Gasteiger charge is -2.07. The molecule has 1 N–H and O–H groups in total. The predicted octanol–water partition coefficient (Wildman–Crippen LogP) is 2.90. The second-order valence-electron chi connectivity index (χ2n) is 5.38. The zero-order valence-corrected chi connectivity index (χ0v) is 13.2. The minimum atomic E-state index is -0.482. The molecule has 0 atom stereocenters. The van der Waals surface area contributed by atoms with Crippen LogP contribution in [0.2, 0.25) is 0 Å². The number of hydrogen-bond donors (Lipinski definition) is 1. The van der Waals surface area contributed by atoms with Crippen LogP contribution in [0.25, 0.3) is 0 Å². The molecule has 4 heteroatoms. The van der Waals surface area contributed by atoms with Crippen LogP contribution in [0.5, 0.6) is 0 Å². The molecule has 2 aromatic carbocycles. The highest BCUT2D eigenvalue weighted by atomic mass is 16.5. The topological polar surface area (TPSA) is 55.4 Å². The molecule has 1 amide bonds. The summed E-state index contributed by atoms with van der Waals surface area (Å²) in [5.74, 6) is -0.761. The van der Waals surface area contributed by atoms with Crippen molar-refractivity contribution in [2.75, 3.05) is 13.2 Å². The Morgan fingerprint density at radius 1 is 1.00 bits per heavy atom. The highest BCUT2D eigenvalue weighted by Gasteiger charge is 2.09. The van der Waals surface area contributed by atoms with Crippen LogP contribution in [0.3, 0.4) is 0 Å². The smallest absolute Gasteiger partial charge is 0.338 e. The molecule has 0 saturated carbocycles. The molecule has 2 aromatic rings. The Balaban J connectivity index is 1.63. The van der Waals surface area contributed by atoms with Crippen molar-refractivity contribution in [3.8, 4) is 0 Å². The molecule has 0 aliphatic heterocycles. The van der Waals surface area contributed by atoms with Gasteiger partial charge in [-0.15, -0.1) is 0 Å². The van der Waals surface area contributed by atoms with Gasteiger partial charge in [-0.1, -0.05) is 48.0 Å². The molecule has 0 radical (unpaired) electrons. The summed E-state index contributed by atoms with van der Waals surface area (Å²) in [6, 6.07) is 17.1. The Morgan fingerprint density at radius 3 is 2.39 bits per heavy atom. The average Bonchev–Trinajstić information content (AvgIpc) is 2.58. The van der Waals surface area contributed by atoms with Crippen LogP contribution in [0, 0.1) is 6.92 Å². The van der Waals surface area contributed by atoms with Gasteiger partial charge < -0.3 is 10.1 Å². The molecule has 0 heterocycles. The van der Waals surface area contributed by atoms with E-state index in [-0.39, 0.29) is 12.5 Å². The molecular weight excluding hydrogens is 290 g/mol. The quantitative estimate of drug-likeness (QED) is 0.632. The van der Waals surface area contributed by atoms with Crippen LogP contribution >= 0.6 is 0 Å². The minimum absolute atomic E-state index is 0.252. The lowest BCUT2D eigenvalue weighted by atomic mass is 10.1.